The van der Waals surface area contributed by atoms with Gasteiger partial charge in [0.05, 0.1) is 21.1 Å². The van der Waals surface area contributed by atoms with Crippen LogP contribution in [0, 0.1) is 4.77 Å². The highest BCUT2D eigenvalue weighted by atomic mass is 35.5. The normalized spacial score (nSPS) is 13.4. The highest BCUT2D eigenvalue weighted by molar-refractivity contribution is 7.71. The molecule has 0 spiro atoms. The molecule has 6 heteroatoms. The van der Waals surface area contributed by atoms with Crippen LogP contribution >= 0.6 is 35.4 Å². The van der Waals surface area contributed by atoms with E-state index in [1.165, 1.54) is 0 Å². The zero-order valence-corrected chi connectivity index (χ0v) is 12.8. The molecule has 3 nitrogen and oxygen atoms in total. The third kappa shape index (κ3) is 2.57. The summed E-state index contributed by atoms with van der Waals surface area (Å²) in [6.07, 6.45) is 0. The van der Waals surface area contributed by atoms with Gasteiger partial charge >= 0.3 is 0 Å². The van der Waals surface area contributed by atoms with Gasteiger partial charge in [-0.3, -0.25) is 0 Å². The molecule has 0 saturated carbocycles. The molecule has 0 aliphatic rings. The average Bonchev–Trinajstić information content (AvgIpc) is 2.56. The molecule has 98 valence electrons. The molecule has 1 unspecified atom stereocenters. The SMILES string of the molecule is CC(Cn1c(=S)[nH]c2cc(Cl)c(Cl)cc21)N(C)C. The highest BCUT2D eigenvalue weighted by Gasteiger charge is 2.12. The molecule has 2 aromatic rings. The van der Waals surface area contributed by atoms with Crippen LogP contribution in [0.2, 0.25) is 10.0 Å². The van der Waals surface area contributed by atoms with Crippen LogP contribution in [0.5, 0.6) is 0 Å². The van der Waals surface area contributed by atoms with Gasteiger partial charge in [0.1, 0.15) is 0 Å². The van der Waals surface area contributed by atoms with E-state index in [1.54, 1.807) is 0 Å². The van der Waals surface area contributed by atoms with Crippen molar-refractivity contribution in [3.8, 4) is 0 Å². The van der Waals surface area contributed by atoms with Crippen molar-refractivity contribution in [2.24, 2.45) is 0 Å². The monoisotopic (exact) mass is 303 g/mol. The number of nitrogens with one attached hydrogen (secondary N) is 1. The molecule has 1 atom stereocenters. The number of H-pyrrole nitrogens is 1. The molecular formula is C12H15Cl2N3S. The first-order chi connectivity index (χ1) is 8.40. The maximum absolute atomic E-state index is 6.06. The Balaban J connectivity index is 2.53. The van der Waals surface area contributed by atoms with E-state index < -0.39 is 0 Å². The van der Waals surface area contributed by atoms with Crippen molar-refractivity contribution >= 4 is 46.5 Å². The molecule has 1 N–H and O–H groups in total. The Morgan fingerprint density at radius 3 is 2.56 bits per heavy atom. The van der Waals surface area contributed by atoms with Gasteiger partial charge in [0, 0.05) is 12.6 Å². The number of likely N-dealkylation sites (N-methyl/N-ethyl adjacent to an activating group) is 1. The first-order valence-electron chi connectivity index (χ1n) is 5.64. The van der Waals surface area contributed by atoms with E-state index in [0.717, 1.165) is 17.6 Å². The smallest absolute Gasteiger partial charge is 0.178 e. The van der Waals surface area contributed by atoms with Gasteiger partial charge in [-0.1, -0.05) is 23.2 Å². The molecular weight excluding hydrogens is 289 g/mol. The van der Waals surface area contributed by atoms with Crippen LogP contribution in [0.15, 0.2) is 12.1 Å². The molecule has 0 aliphatic heterocycles. The van der Waals surface area contributed by atoms with Crippen molar-refractivity contribution in [1.82, 2.24) is 14.5 Å². The summed E-state index contributed by atoms with van der Waals surface area (Å²) in [5.41, 5.74) is 1.91. The summed E-state index contributed by atoms with van der Waals surface area (Å²) < 4.78 is 2.74. The third-order valence-corrected chi connectivity index (χ3v) is 4.19. The van der Waals surface area contributed by atoms with Crippen LogP contribution in [0.1, 0.15) is 6.92 Å². The van der Waals surface area contributed by atoms with E-state index in [-0.39, 0.29) is 0 Å². The predicted molar refractivity (Wildman–Crippen MR) is 80.3 cm³/mol. The van der Waals surface area contributed by atoms with E-state index in [2.05, 4.69) is 21.4 Å². The number of fused-ring (bicyclic) bond motifs is 1. The van der Waals surface area contributed by atoms with Crippen LogP contribution in [0.25, 0.3) is 11.0 Å². The first kappa shape index (κ1) is 13.9. The largest absolute Gasteiger partial charge is 0.331 e. The van der Waals surface area contributed by atoms with E-state index >= 15 is 0 Å². The summed E-state index contributed by atoms with van der Waals surface area (Å²) in [6, 6.07) is 4.05. The molecule has 18 heavy (non-hydrogen) atoms. The number of aromatic nitrogens is 2. The van der Waals surface area contributed by atoms with Gasteiger partial charge in [0.15, 0.2) is 4.77 Å². The van der Waals surface area contributed by atoms with E-state index in [0.29, 0.717) is 20.9 Å². The number of nitrogens with zero attached hydrogens (tertiary/aromatic N) is 2. The Hall–Kier alpha value is -0.550. The quantitative estimate of drug-likeness (QED) is 0.868. The van der Waals surface area contributed by atoms with Crippen LogP contribution in [-0.2, 0) is 6.54 Å². The standard InChI is InChI=1S/C12H15Cl2N3S/c1-7(16(2)3)6-17-11-5-9(14)8(13)4-10(11)15-12(17)18/h4-5,7H,6H2,1-3H3,(H,15,18). The lowest BCUT2D eigenvalue weighted by atomic mass is 10.3. The van der Waals surface area contributed by atoms with Crippen molar-refractivity contribution in [2.45, 2.75) is 19.5 Å². The summed E-state index contributed by atoms with van der Waals surface area (Å²) in [4.78, 5) is 5.31. The fourth-order valence-electron chi connectivity index (χ4n) is 1.76. The minimum atomic E-state index is 0.380. The Morgan fingerprint density at radius 2 is 1.94 bits per heavy atom. The number of hydrogen-bond donors (Lipinski definition) is 1. The number of aromatic amines is 1. The van der Waals surface area contributed by atoms with Gasteiger partial charge < -0.3 is 14.5 Å². The lowest BCUT2D eigenvalue weighted by Gasteiger charge is -2.20. The van der Waals surface area contributed by atoms with Crippen molar-refractivity contribution in [2.75, 3.05) is 14.1 Å². The zero-order chi connectivity index (χ0) is 13.4. The summed E-state index contributed by atoms with van der Waals surface area (Å²) in [6.45, 7) is 2.96. The highest BCUT2D eigenvalue weighted by Crippen LogP contribution is 2.27. The summed E-state index contributed by atoms with van der Waals surface area (Å²) in [5.74, 6) is 0. The van der Waals surface area contributed by atoms with Crippen LogP contribution in [0.4, 0.5) is 0 Å². The van der Waals surface area contributed by atoms with Gasteiger partial charge in [-0.2, -0.15) is 0 Å². The van der Waals surface area contributed by atoms with E-state index in [9.17, 15) is 0 Å². The second-order valence-corrected chi connectivity index (χ2v) is 5.84. The minimum Gasteiger partial charge on any atom is -0.331 e. The Morgan fingerprint density at radius 1 is 1.33 bits per heavy atom. The van der Waals surface area contributed by atoms with E-state index in [1.807, 2.05) is 26.2 Å². The van der Waals surface area contributed by atoms with Crippen LogP contribution in [0.3, 0.4) is 0 Å². The lowest BCUT2D eigenvalue weighted by Crippen LogP contribution is -2.29. The minimum absolute atomic E-state index is 0.380. The van der Waals surface area contributed by atoms with Crippen molar-refractivity contribution in [1.29, 1.82) is 0 Å². The Labute approximate surface area is 121 Å². The topological polar surface area (TPSA) is 24.0 Å². The van der Waals surface area contributed by atoms with Crippen LogP contribution in [-0.4, -0.2) is 34.6 Å². The molecule has 0 amide bonds. The Kier molecular flexibility index (Phi) is 4.02. The summed E-state index contributed by atoms with van der Waals surface area (Å²) >= 11 is 17.4. The molecule has 1 aromatic heterocycles. The van der Waals surface area contributed by atoms with Crippen molar-refractivity contribution in [3.05, 3.63) is 26.9 Å². The molecule has 1 aromatic carbocycles. The van der Waals surface area contributed by atoms with Crippen LogP contribution < -0.4 is 0 Å². The second kappa shape index (κ2) is 5.21. The first-order valence-corrected chi connectivity index (χ1v) is 6.80. The van der Waals surface area contributed by atoms with Gasteiger partial charge in [-0.05, 0) is 45.4 Å². The summed E-state index contributed by atoms with van der Waals surface area (Å²) in [7, 11) is 4.10. The molecule has 0 aliphatic carbocycles. The molecule has 2 rings (SSSR count). The van der Waals surface area contributed by atoms with Crippen molar-refractivity contribution in [3.63, 3.8) is 0 Å². The van der Waals surface area contributed by atoms with Gasteiger partial charge in [-0.15, -0.1) is 0 Å². The van der Waals surface area contributed by atoms with Gasteiger partial charge in [0.2, 0.25) is 0 Å². The second-order valence-electron chi connectivity index (χ2n) is 4.64. The predicted octanol–water partition coefficient (Wildman–Crippen LogP) is 3.96. The fourth-order valence-corrected chi connectivity index (χ4v) is 2.37. The number of hydrogen-bond acceptors (Lipinski definition) is 2. The number of rotatable bonds is 3. The number of imidazole rings is 1. The maximum atomic E-state index is 6.06. The fraction of sp³-hybridized carbons (Fsp3) is 0.417. The molecule has 1 heterocycles. The maximum Gasteiger partial charge on any atom is 0.178 e. The molecule has 0 bridgehead atoms. The van der Waals surface area contributed by atoms with E-state index in [4.69, 9.17) is 35.4 Å². The summed E-state index contributed by atoms with van der Waals surface area (Å²) in [5, 5.41) is 1.08. The lowest BCUT2D eigenvalue weighted by molar-refractivity contribution is 0.285. The Bertz CT molecular complexity index is 630. The zero-order valence-electron chi connectivity index (χ0n) is 10.5. The number of benzene rings is 1. The molecule has 0 radical (unpaired) electrons. The van der Waals surface area contributed by atoms with Gasteiger partial charge in [-0.25, -0.2) is 0 Å². The third-order valence-electron chi connectivity index (χ3n) is 3.14. The number of halogens is 2. The molecule has 0 fully saturated rings. The van der Waals surface area contributed by atoms with Crippen molar-refractivity contribution < 1.29 is 0 Å². The average molecular weight is 304 g/mol. The van der Waals surface area contributed by atoms with Gasteiger partial charge in [0.25, 0.3) is 0 Å². The molecule has 0 saturated heterocycles.